The average Bonchev–Trinajstić information content (AvgIpc) is 3.32. The van der Waals surface area contributed by atoms with Crippen molar-refractivity contribution in [2.45, 2.75) is 105 Å². The van der Waals surface area contributed by atoms with E-state index >= 15 is 0 Å². The summed E-state index contributed by atoms with van der Waals surface area (Å²) in [5.41, 5.74) is 10.2. The minimum Gasteiger partial charge on any atom is -1.00 e. The molecule has 1 radical (unpaired) electrons. The molecule has 5 aliphatic carbocycles. The van der Waals surface area contributed by atoms with Crippen LogP contribution in [-0.2, 0) is 37.0 Å². The zero-order valence-corrected chi connectivity index (χ0v) is 30.3. The SMILES string of the molecule is CC1=C(c2cc3c(cc2C(C)(C)C)[cH-]c2cc(C(C)(C)C)ccc23)C(C)C=C1C12CC3CC(CC(C3)C1)C2.[Cl-].[Cl-].[Zr+3]. The molecule has 0 aromatic heterocycles. The van der Waals surface area contributed by atoms with Crippen LogP contribution in [-0.4, -0.2) is 0 Å². The molecule has 5 aliphatic rings. The zero-order chi connectivity index (χ0) is 26.8. The van der Waals surface area contributed by atoms with Crippen molar-refractivity contribution in [2.75, 3.05) is 0 Å². The first-order valence-corrected chi connectivity index (χ1v) is 15.4. The summed E-state index contributed by atoms with van der Waals surface area (Å²) in [5, 5.41) is 5.63. The number of allylic oxidation sites excluding steroid dienone is 4. The second kappa shape index (κ2) is 11.0. The predicted octanol–water partition coefficient (Wildman–Crippen LogP) is 4.88. The monoisotopic (exact) mass is 663 g/mol. The minimum atomic E-state index is 0. The molecule has 41 heavy (non-hydrogen) atoms. The van der Waals surface area contributed by atoms with E-state index in [0.29, 0.717) is 11.3 Å². The first-order chi connectivity index (χ1) is 17.8. The minimum absolute atomic E-state index is 0. The van der Waals surface area contributed by atoms with E-state index in [1.54, 1.807) is 16.7 Å². The van der Waals surface area contributed by atoms with Crippen LogP contribution in [0.2, 0.25) is 0 Å². The van der Waals surface area contributed by atoms with Gasteiger partial charge >= 0.3 is 26.2 Å². The third-order valence-electron chi connectivity index (χ3n) is 11.1. The van der Waals surface area contributed by atoms with E-state index in [1.165, 1.54) is 76.8 Å². The number of fused-ring (bicyclic) bond motifs is 3. The van der Waals surface area contributed by atoms with Gasteiger partial charge in [-0.05, 0) is 102 Å². The topological polar surface area (TPSA) is 0 Å². The normalized spacial score (nSPS) is 28.9. The van der Waals surface area contributed by atoms with Crippen LogP contribution in [0.5, 0.6) is 0 Å². The number of hydrogen-bond donors (Lipinski definition) is 0. The van der Waals surface area contributed by atoms with Gasteiger partial charge in [-0.25, -0.2) is 0 Å². The molecular weight excluding hydrogens is 619 g/mol. The van der Waals surface area contributed by atoms with Crippen LogP contribution in [0.1, 0.15) is 111 Å². The number of hydrogen-bond acceptors (Lipinski definition) is 0. The van der Waals surface area contributed by atoms with Gasteiger partial charge in [-0.3, -0.25) is 0 Å². The van der Waals surface area contributed by atoms with Crippen molar-refractivity contribution in [1.82, 2.24) is 0 Å². The Bertz CT molecular complexity index is 1500. The summed E-state index contributed by atoms with van der Waals surface area (Å²) in [6, 6.07) is 14.7. The second-order valence-corrected chi connectivity index (χ2v) is 16.0. The molecule has 4 bridgehead atoms. The van der Waals surface area contributed by atoms with Crippen molar-refractivity contribution in [1.29, 1.82) is 0 Å². The van der Waals surface area contributed by atoms with Crippen LogP contribution in [0.15, 0.2) is 53.6 Å². The van der Waals surface area contributed by atoms with Gasteiger partial charge in [-0.2, -0.15) is 0 Å². The Hall–Kier alpha value is -0.747. The van der Waals surface area contributed by atoms with E-state index < -0.39 is 0 Å². The maximum Gasteiger partial charge on any atom is 3.00 e. The molecule has 0 spiro atoms. The molecule has 0 saturated heterocycles. The molecule has 4 fully saturated rings. The van der Waals surface area contributed by atoms with E-state index in [9.17, 15) is 0 Å². The van der Waals surface area contributed by atoms with Crippen molar-refractivity contribution in [3.8, 4) is 0 Å². The zero-order valence-electron chi connectivity index (χ0n) is 26.3. The van der Waals surface area contributed by atoms with E-state index in [-0.39, 0.29) is 61.8 Å². The fourth-order valence-corrected chi connectivity index (χ4v) is 9.78. The summed E-state index contributed by atoms with van der Waals surface area (Å²) in [6.45, 7) is 19.1. The van der Waals surface area contributed by atoms with Gasteiger partial charge in [0.1, 0.15) is 0 Å². The Morgan fingerprint density at radius 1 is 0.756 bits per heavy atom. The van der Waals surface area contributed by atoms with E-state index in [1.807, 2.05) is 0 Å². The van der Waals surface area contributed by atoms with E-state index in [4.69, 9.17) is 0 Å². The standard InChI is InChI=1S/C38H47.2ClH.Zr/c1-22-11-33(38-19-24-12-25(20-38)14-26(13-24)21-38)23(2)35(22)32-18-31-28(17-34(32)37(6,7)8)15-27-16-29(36(3,4)5)9-10-30(27)31;;;/h9-11,15-18,22,24-26H,12-14,19-21H2,1-8H3;2*1H;/q-1;;;+3/p-2. The Kier molecular flexibility index (Phi) is 8.90. The summed E-state index contributed by atoms with van der Waals surface area (Å²) in [7, 11) is 0. The molecule has 0 aliphatic heterocycles. The molecule has 0 heterocycles. The van der Waals surface area contributed by atoms with E-state index in [2.05, 4.69) is 97.9 Å². The number of halogens is 2. The van der Waals surface area contributed by atoms with E-state index in [0.717, 1.165) is 17.8 Å². The van der Waals surface area contributed by atoms with Crippen LogP contribution in [0, 0.1) is 29.1 Å². The molecule has 0 N–H and O–H groups in total. The molecule has 0 nitrogen and oxygen atoms in total. The molecule has 1 unspecified atom stereocenters. The van der Waals surface area contributed by atoms with Crippen LogP contribution in [0.4, 0.5) is 0 Å². The van der Waals surface area contributed by atoms with Crippen LogP contribution in [0.3, 0.4) is 0 Å². The van der Waals surface area contributed by atoms with Crippen molar-refractivity contribution < 1.29 is 51.0 Å². The van der Waals surface area contributed by atoms with Gasteiger partial charge in [0, 0.05) is 5.92 Å². The fourth-order valence-electron chi connectivity index (χ4n) is 9.78. The van der Waals surface area contributed by atoms with Gasteiger partial charge in [-0.1, -0.05) is 83.9 Å². The summed E-state index contributed by atoms with van der Waals surface area (Å²) in [4.78, 5) is 0. The van der Waals surface area contributed by atoms with Crippen molar-refractivity contribution in [3.05, 3.63) is 70.3 Å². The second-order valence-electron chi connectivity index (χ2n) is 16.0. The Labute approximate surface area is 280 Å². The van der Waals surface area contributed by atoms with Gasteiger partial charge < -0.3 is 24.8 Å². The Morgan fingerprint density at radius 3 is 1.85 bits per heavy atom. The van der Waals surface area contributed by atoms with Gasteiger partial charge in [0.25, 0.3) is 0 Å². The molecule has 3 aromatic rings. The maximum atomic E-state index is 2.72. The molecule has 3 aromatic carbocycles. The Balaban J connectivity index is 0.00000129. The third kappa shape index (κ3) is 5.31. The summed E-state index contributed by atoms with van der Waals surface area (Å²) < 4.78 is 0. The van der Waals surface area contributed by atoms with Crippen LogP contribution < -0.4 is 24.8 Å². The molecule has 4 saturated carbocycles. The largest absolute Gasteiger partial charge is 3.00 e. The molecule has 8 rings (SSSR count). The van der Waals surface area contributed by atoms with Crippen molar-refractivity contribution in [3.63, 3.8) is 0 Å². The summed E-state index contributed by atoms with van der Waals surface area (Å²) in [5.74, 6) is 3.46. The van der Waals surface area contributed by atoms with Crippen LogP contribution in [0.25, 0.3) is 27.1 Å². The molecule has 0 amide bonds. The molecule has 3 heteroatoms. The van der Waals surface area contributed by atoms with Gasteiger partial charge in [0.05, 0.1) is 0 Å². The summed E-state index contributed by atoms with van der Waals surface area (Å²) >= 11 is 0. The first kappa shape index (κ1) is 33.2. The number of benzene rings is 2. The third-order valence-corrected chi connectivity index (χ3v) is 11.1. The Morgan fingerprint density at radius 2 is 1.32 bits per heavy atom. The van der Waals surface area contributed by atoms with Crippen molar-refractivity contribution >= 4 is 27.1 Å². The summed E-state index contributed by atoms with van der Waals surface area (Å²) in [6.07, 6.45) is 11.6. The number of rotatable bonds is 2. The average molecular weight is 666 g/mol. The van der Waals surface area contributed by atoms with Gasteiger partial charge in [-0.15, -0.1) is 39.7 Å². The smallest absolute Gasteiger partial charge is 1.00 e. The molecular formula is C38H47Cl2Zr. The molecule has 1 atom stereocenters. The van der Waals surface area contributed by atoms with Crippen molar-refractivity contribution in [2.24, 2.45) is 29.1 Å². The quantitative estimate of drug-likeness (QED) is 0.343. The maximum absolute atomic E-state index is 2.72. The molecule has 217 valence electrons. The first-order valence-electron chi connectivity index (χ1n) is 15.4. The van der Waals surface area contributed by atoms with Gasteiger partial charge in [0.15, 0.2) is 0 Å². The predicted molar refractivity (Wildman–Crippen MR) is 165 cm³/mol. The fraction of sp³-hybridized carbons (Fsp3) is 0.553. The van der Waals surface area contributed by atoms with Gasteiger partial charge in [0.2, 0.25) is 0 Å². The van der Waals surface area contributed by atoms with Crippen LogP contribution >= 0.6 is 0 Å².